The number of rotatable bonds is 9. The summed E-state index contributed by atoms with van der Waals surface area (Å²) < 4.78 is 40.1. The largest absolute Gasteiger partial charge is 0.373 e. The molecule has 0 saturated carbocycles. The van der Waals surface area contributed by atoms with Crippen molar-refractivity contribution in [1.82, 2.24) is 25.9 Å². The van der Waals surface area contributed by atoms with Crippen molar-refractivity contribution < 1.29 is 12.8 Å². The highest BCUT2D eigenvalue weighted by atomic mass is 35.5. The minimum absolute atomic E-state index is 0.0661. The lowest BCUT2D eigenvalue weighted by atomic mass is 9.97. The van der Waals surface area contributed by atoms with Gasteiger partial charge in [-0.1, -0.05) is 35.3 Å². The lowest BCUT2D eigenvalue weighted by Crippen LogP contribution is -2.52. The molecule has 0 aliphatic carbocycles. The number of nitrogens with one attached hydrogen (secondary N) is 4. The Morgan fingerprint density at radius 3 is 2.47 bits per heavy atom. The fraction of sp³-hybridized carbons (Fsp3) is 0.333. The minimum Gasteiger partial charge on any atom is -0.373 e. The molecule has 0 bridgehead atoms. The van der Waals surface area contributed by atoms with E-state index in [2.05, 4.69) is 63.3 Å². The van der Waals surface area contributed by atoms with Crippen LogP contribution in [0.25, 0.3) is 10.9 Å². The van der Waals surface area contributed by atoms with Crippen molar-refractivity contribution in [1.29, 1.82) is 5.26 Å². The molecule has 1 aromatic heterocycles. The predicted octanol–water partition coefficient (Wildman–Crippen LogP) is 7.27. The number of piperidine rings is 1. The molecule has 15 heteroatoms. The fourth-order valence-electron chi connectivity index (χ4n) is 6.38. The number of halogens is 3. The molecule has 51 heavy (non-hydrogen) atoms. The average molecular weight is 753 g/mol. The van der Waals surface area contributed by atoms with E-state index in [1.165, 1.54) is 35.7 Å². The third-order valence-electron chi connectivity index (χ3n) is 9.33. The lowest BCUT2D eigenvalue weighted by Gasteiger charge is -2.42. The molecule has 11 nitrogen and oxygen atoms in total. The van der Waals surface area contributed by atoms with Crippen molar-refractivity contribution in [3.63, 3.8) is 0 Å². The second-order valence-electron chi connectivity index (χ2n) is 13.8. The number of pyridine rings is 1. The quantitative estimate of drug-likeness (QED) is 0.139. The normalized spacial score (nSPS) is 16.4. The maximum absolute atomic E-state index is 13.9. The highest BCUT2D eigenvalue weighted by Gasteiger charge is 2.32. The van der Waals surface area contributed by atoms with Crippen LogP contribution >= 0.6 is 23.2 Å². The van der Waals surface area contributed by atoms with E-state index in [0.717, 1.165) is 43.4 Å². The van der Waals surface area contributed by atoms with E-state index < -0.39 is 21.9 Å². The SMILES string of the molecule is CN(c1cccc([C@H](Nc2cc(Cl)c3ncc(C#N)c(Nc4ccc(F)c(Cl)c4)c3c2)C2=CN(C3CCN(C(C)(C)C)CC3)NN2)c1)S(C)(=O)=O. The predicted molar refractivity (Wildman–Crippen MR) is 203 cm³/mol. The monoisotopic (exact) mass is 751 g/mol. The van der Waals surface area contributed by atoms with Gasteiger partial charge in [-0.25, -0.2) is 12.8 Å². The van der Waals surface area contributed by atoms with Gasteiger partial charge in [0.25, 0.3) is 0 Å². The van der Waals surface area contributed by atoms with E-state index in [1.54, 1.807) is 12.1 Å². The van der Waals surface area contributed by atoms with Crippen LogP contribution in [-0.4, -0.2) is 61.3 Å². The molecule has 2 aliphatic rings. The van der Waals surface area contributed by atoms with Gasteiger partial charge in [0.05, 0.1) is 50.5 Å². The molecular formula is C36H40Cl2FN9O2S. The van der Waals surface area contributed by atoms with Gasteiger partial charge in [-0.15, -0.1) is 5.53 Å². The van der Waals surface area contributed by atoms with Gasteiger partial charge in [0.1, 0.15) is 11.9 Å². The highest BCUT2D eigenvalue weighted by Crippen LogP contribution is 2.38. The Hall–Kier alpha value is -4.32. The molecule has 3 aromatic carbocycles. The maximum Gasteiger partial charge on any atom is 0.231 e. The van der Waals surface area contributed by atoms with Crippen molar-refractivity contribution in [2.75, 3.05) is 41.3 Å². The zero-order chi connectivity index (χ0) is 36.7. The lowest BCUT2D eigenvalue weighted by molar-refractivity contribution is 0.0570. The first-order chi connectivity index (χ1) is 24.1. The number of fused-ring (bicyclic) bond motifs is 1. The second kappa shape index (κ2) is 14.4. The Bertz CT molecular complexity index is 2150. The zero-order valence-corrected chi connectivity index (χ0v) is 31.3. The van der Waals surface area contributed by atoms with Gasteiger partial charge in [-0.05, 0) is 81.6 Å². The second-order valence-corrected chi connectivity index (χ2v) is 16.6. The van der Waals surface area contributed by atoms with Crippen LogP contribution in [0.1, 0.15) is 50.8 Å². The Morgan fingerprint density at radius 1 is 1.08 bits per heavy atom. The summed E-state index contributed by atoms with van der Waals surface area (Å²) in [6.07, 6.45) is 6.60. The van der Waals surface area contributed by atoms with Crippen LogP contribution in [0, 0.1) is 17.1 Å². The van der Waals surface area contributed by atoms with Gasteiger partial charge >= 0.3 is 0 Å². The average Bonchev–Trinajstić information content (AvgIpc) is 3.58. The first-order valence-electron chi connectivity index (χ1n) is 16.4. The Morgan fingerprint density at radius 2 is 1.80 bits per heavy atom. The summed E-state index contributed by atoms with van der Waals surface area (Å²) in [6.45, 7) is 8.67. The third kappa shape index (κ3) is 7.95. The summed E-state index contributed by atoms with van der Waals surface area (Å²) in [5.41, 5.74) is 11.1. The highest BCUT2D eigenvalue weighted by molar-refractivity contribution is 7.92. The molecule has 3 heterocycles. The molecule has 1 fully saturated rings. The van der Waals surface area contributed by atoms with Gasteiger partial charge in [0.15, 0.2) is 0 Å². The van der Waals surface area contributed by atoms with Crippen LogP contribution in [0.15, 0.2) is 72.7 Å². The smallest absolute Gasteiger partial charge is 0.231 e. The number of hydrogen-bond donors (Lipinski definition) is 4. The Balaban J connectivity index is 1.39. The van der Waals surface area contributed by atoms with E-state index in [9.17, 15) is 18.1 Å². The first-order valence-corrected chi connectivity index (χ1v) is 19.0. The number of nitrogens with zero attached hydrogens (tertiary/aromatic N) is 5. The van der Waals surface area contributed by atoms with Gasteiger partial charge in [0, 0.05) is 60.9 Å². The van der Waals surface area contributed by atoms with Gasteiger partial charge < -0.3 is 16.1 Å². The number of sulfonamides is 1. The summed E-state index contributed by atoms with van der Waals surface area (Å²) in [7, 11) is -2.00. The van der Waals surface area contributed by atoms with Gasteiger partial charge in [-0.3, -0.25) is 19.2 Å². The van der Waals surface area contributed by atoms with E-state index in [-0.39, 0.29) is 22.2 Å². The maximum atomic E-state index is 13.9. The van der Waals surface area contributed by atoms with Crippen molar-refractivity contribution in [3.8, 4) is 6.07 Å². The number of likely N-dealkylation sites (tertiary alicyclic amines) is 1. The zero-order valence-electron chi connectivity index (χ0n) is 28.9. The van der Waals surface area contributed by atoms with E-state index in [4.69, 9.17) is 23.2 Å². The molecule has 1 atom stereocenters. The van der Waals surface area contributed by atoms with E-state index >= 15 is 0 Å². The molecule has 0 radical (unpaired) electrons. The number of hydrogen-bond acceptors (Lipinski definition) is 10. The van der Waals surface area contributed by atoms with Crippen molar-refractivity contribution in [2.45, 2.75) is 51.2 Å². The number of hydrazine groups is 2. The third-order valence-corrected chi connectivity index (χ3v) is 11.1. The van der Waals surface area contributed by atoms with Gasteiger partial charge in [-0.2, -0.15) is 5.26 Å². The summed E-state index contributed by atoms with van der Waals surface area (Å²) >= 11 is 12.9. The molecule has 0 unspecified atom stereocenters. The van der Waals surface area contributed by atoms with Crippen molar-refractivity contribution in [2.24, 2.45) is 0 Å². The molecule has 6 rings (SSSR count). The fourth-order valence-corrected chi connectivity index (χ4v) is 7.33. The first kappa shape index (κ1) is 36.5. The molecule has 1 saturated heterocycles. The number of benzene rings is 3. The van der Waals surface area contributed by atoms with Crippen molar-refractivity contribution >= 4 is 66.9 Å². The van der Waals surface area contributed by atoms with Crippen LogP contribution in [-0.2, 0) is 10.0 Å². The summed E-state index contributed by atoms with van der Waals surface area (Å²) in [5.74, 6) is -0.562. The molecule has 2 aliphatic heterocycles. The van der Waals surface area contributed by atoms with Crippen LogP contribution < -0.4 is 25.9 Å². The Kier molecular flexibility index (Phi) is 10.3. The van der Waals surface area contributed by atoms with Crippen LogP contribution in [0.5, 0.6) is 0 Å². The molecular weight excluding hydrogens is 712 g/mol. The number of nitriles is 1. The molecule has 0 amide bonds. The topological polar surface area (TPSA) is 129 Å². The standard InChI is InChI=1S/C36H40Cl2FN9O2S/c1-36(2,3)47-13-11-26(12-14-47)48-21-32(44-45-48)34(22-7-6-8-27(15-22)46(4)51(5,49)50)43-25-16-28-33(42-24-9-10-31(39)29(37)17-24)23(19-40)20-41-35(28)30(38)18-25/h6-10,15-18,20-21,26,34,43-45H,11-14H2,1-5H3,(H,41,42)/t34-/m0/s1. The van der Waals surface area contributed by atoms with Gasteiger partial charge in [0.2, 0.25) is 10.0 Å². The molecule has 268 valence electrons. The van der Waals surface area contributed by atoms with Crippen LogP contribution in [0.3, 0.4) is 0 Å². The summed E-state index contributed by atoms with van der Waals surface area (Å²) in [5, 5.41) is 19.7. The minimum atomic E-state index is -3.52. The van der Waals surface area contributed by atoms with Crippen molar-refractivity contribution in [3.05, 3.63) is 99.7 Å². The molecule has 0 spiro atoms. The number of anilines is 4. The molecule has 4 aromatic rings. The van der Waals surface area contributed by atoms with E-state index in [0.29, 0.717) is 38.7 Å². The molecule has 4 N–H and O–H groups in total. The van der Waals surface area contributed by atoms with E-state index in [1.807, 2.05) is 30.5 Å². The summed E-state index contributed by atoms with van der Waals surface area (Å²) in [4.78, 5) is 6.96. The number of aromatic nitrogens is 1. The van der Waals surface area contributed by atoms with Crippen LogP contribution in [0.2, 0.25) is 10.0 Å². The Labute approximate surface area is 308 Å². The van der Waals surface area contributed by atoms with Crippen LogP contribution in [0.4, 0.5) is 27.1 Å². The summed E-state index contributed by atoms with van der Waals surface area (Å²) in [6, 6.07) is 17.0.